The molecular formula is C15H14ClFN2O. The van der Waals surface area contributed by atoms with E-state index in [1.807, 2.05) is 18.2 Å². The third-order valence-electron chi connectivity index (χ3n) is 2.66. The lowest BCUT2D eigenvalue weighted by atomic mass is 10.2. The molecule has 0 aliphatic rings. The first-order valence-corrected chi connectivity index (χ1v) is 6.48. The van der Waals surface area contributed by atoms with Gasteiger partial charge in [0.25, 0.3) is 0 Å². The predicted molar refractivity (Wildman–Crippen MR) is 79.5 cm³/mol. The van der Waals surface area contributed by atoms with Crippen molar-refractivity contribution in [2.45, 2.75) is 13.5 Å². The van der Waals surface area contributed by atoms with Crippen LogP contribution in [0.1, 0.15) is 12.5 Å². The molecule has 0 spiro atoms. The quantitative estimate of drug-likeness (QED) is 0.892. The van der Waals surface area contributed by atoms with E-state index in [4.69, 9.17) is 11.6 Å². The number of halogens is 2. The number of carbonyl (C=O) groups is 1. The summed E-state index contributed by atoms with van der Waals surface area (Å²) in [4.78, 5) is 11.0. The average Bonchev–Trinajstić information content (AvgIpc) is 2.40. The van der Waals surface area contributed by atoms with E-state index in [2.05, 4.69) is 10.6 Å². The van der Waals surface area contributed by atoms with Crippen molar-refractivity contribution < 1.29 is 9.18 Å². The van der Waals surface area contributed by atoms with Crippen molar-refractivity contribution in [2.24, 2.45) is 0 Å². The molecule has 0 aliphatic carbocycles. The lowest BCUT2D eigenvalue weighted by molar-refractivity contribution is -0.114. The third kappa shape index (κ3) is 3.96. The first kappa shape index (κ1) is 14.3. The number of hydrogen-bond acceptors (Lipinski definition) is 2. The molecule has 2 aromatic rings. The first-order valence-electron chi connectivity index (χ1n) is 6.10. The van der Waals surface area contributed by atoms with Crippen molar-refractivity contribution >= 4 is 28.9 Å². The Morgan fingerprint density at radius 2 is 1.95 bits per heavy atom. The van der Waals surface area contributed by atoms with Crippen LogP contribution in [-0.2, 0) is 11.3 Å². The van der Waals surface area contributed by atoms with Crippen LogP contribution in [0.25, 0.3) is 0 Å². The molecule has 0 aliphatic heterocycles. The molecule has 0 fully saturated rings. The lowest BCUT2D eigenvalue weighted by Gasteiger charge is -2.09. The van der Waals surface area contributed by atoms with Crippen LogP contribution in [0.5, 0.6) is 0 Å². The van der Waals surface area contributed by atoms with Gasteiger partial charge in [-0.15, -0.1) is 0 Å². The Morgan fingerprint density at radius 3 is 2.65 bits per heavy atom. The van der Waals surface area contributed by atoms with Gasteiger partial charge in [-0.1, -0.05) is 23.7 Å². The van der Waals surface area contributed by atoms with Crippen LogP contribution in [-0.4, -0.2) is 5.91 Å². The first-order chi connectivity index (χ1) is 9.54. The van der Waals surface area contributed by atoms with Crippen molar-refractivity contribution in [3.05, 3.63) is 58.9 Å². The molecule has 2 rings (SSSR count). The summed E-state index contributed by atoms with van der Waals surface area (Å²) in [6, 6.07) is 12.0. The highest BCUT2D eigenvalue weighted by Gasteiger charge is 2.02. The van der Waals surface area contributed by atoms with Crippen LogP contribution in [0.3, 0.4) is 0 Å². The van der Waals surface area contributed by atoms with Gasteiger partial charge in [-0.05, 0) is 35.9 Å². The minimum absolute atomic E-state index is 0.112. The summed E-state index contributed by atoms with van der Waals surface area (Å²) in [6.45, 7) is 1.92. The summed E-state index contributed by atoms with van der Waals surface area (Å²) in [5.41, 5.74) is 2.34. The maximum atomic E-state index is 13.3. The van der Waals surface area contributed by atoms with E-state index in [1.165, 1.54) is 19.1 Å². The highest BCUT2D eigenvalue weighted by Crippen LogP contribution is 2.18. The molecular weight excluding hydrogens is 279 g/mol. The van der Waals surface area contributed by atoms with E-state index >= 15 is 0 Å². The second-order valence-electron chi connectivity index (χ2n) is 4.36. The molecule has 3 nitrogen and oxygen atoms in total. The van der Waals surface area contributed by atoms with Gasteiger partial charge in [0.1, 0.15) is 5.82 Å². The number of benzene rings is 2. The summed E-state index contributed by atoms with van der Waals surface area (Å²) < 4.78 is 13.3. The van der Waals surface area contributed by atoms with E-state index in [1.54, 1.807) is 12.1 Å². The number of nitrogens with one attached hydrogen (secondary N) is 2. The minimum Gasteiger partial charge on any atom is -0.381 e. The molecule has 5 heteroatoms. The molecule has 104 valence electrons. The average molecular weight is 293 g/mol. The van der Waals surface area contributed by atoms with E-state index in [-0.39, 0.29) is 10.9 Å². The molecule has 20 heavy (non-hydrogen) atoms. The summed E-state index contributed by atoms with van der Waals surface area (Å²) in [6.07, 6.45) is 0. The van der Waals surface area contributed by atoms with Crippen LogP contribution < -0.4 is 10.6 Å². The fraction of sp³-hybridized carbons (Fsp3) is 0.133. The molecule has 0 saturated heterocycles. The molecule has 2 N–H and O–H groups in total. The summed E-state index contributed by atoms with van der Waals surface area (Å²) in [5.74, 6) is -0.556. The molecule has 0 heterocycles. The van der Waals surface area contributed by atoms with Gasteiger partial charge in [0.15, 0.2) is 0 Å². The lowest BCUT2D eigenvalue weighted by Crippen LogP contribution is -2.06. The molecule has 2 aromatic carbocycles. The SMILES string of the molecule is CC(=O)Nc1cccc(NCc2ccc(Cl)c(F)c2)c1. The van der Waals surface area contributed by atoms with E-state index in [9.17, 15) is 9.18 Å². The third-order valence-corrected chi connectivity index (χ3v) is 2.97. The fourth-order valence-electron chi connectivity index (χ4n) is 1.76. The van der Waals surface area contributed by atoms with Gasteiger partial charge in [-0.3, -0.25) is 4.79 Å². The van der Waals surface area contributed by atoms with Crippen LogP contribution in [0.4, 0.5) is 15.8 Å². The number of amides is 1. The van der Waals surface area contributed by atoms with Crippen molar-refractivity contribution in [3.63, 3.8) is 0 Å². The topological polar surface area (TPSA) is 41.1 Å². The zero-order valence-corrected chi connectivity index (χ0v) is 11.7. The maximum Gasteiger partial charge on any atom is 0.221 e. The summed E-state index contributed by atoms with van der Waals surface area (Å²) in [7, 11) is 0. The van der Waals surface area contributed by atoms with Gasteiger partial charge < -0.3 is 10.6 Å². The Bertz CT molecular complexity index is 631. The van der Waals surface area contributed by atoms with Gasteiger partial charge in [0.05, 0.1) is 5.02 Å². The summed E-state index contributed by atoms with van der Waals surface area (Å²) in [5, 5.41) is 5.98. The van der Waals surface area contributed by atoms with E-state index < -0.39 is 5.82 Å². The highest BCUT2D eigenvalue weighted by molar-refractivity contribution is 6.30. The van der Waals surface area contributed by atoms with Crippen LogP contribution >= 0.6 is 11.6 Å². The van der Waals surface area contributed by atoms with Crippen LogP contribution in [0, 0.1) is 5.82 Å². The summed E-state index contributed by atoms with van der Waals surface area (Å²) >= 11 is 5.63. The van der Waals surface area contributed by atoms with Crippen molar-refractivity contribution in [2.75, 3.05) is 10.6 Å². The van der Waals surface area contributed by atoms with Crippen LogP contribution in [0.2, 0.25) is 5.02 Å². The normalized spacial score (nSPS) is 10.2. The molecule has 0 atom stereocenters. The highest BCUT2D eigenvalue weighted by atomic mass is 35.5. The van der Waals surface area contributed by atoms with Crippen molar-refractivity contribution in [1.29, 1.82) is 0 Å². The van der Waals surface area contributed by atoms with Gasteiger partial charge in [-0.25, -0.2) is 4.39 Å². The monoisotopic (exact) mass is 292 g/mol. The largest absolute Gasteiger partial charge is 0.381 e. The Hall–Kier alpha value is -2.07. The Balaban J connectivity index is 2.03. The van der Waals surface area contributed by atoms with E-state index in [0.29, 0.717) is 12.2 Å². The van der Waals surface area contributed by atoms with Crippen molar-refractivity contribution in [3.8, 4) is 0 Å². The minimum atomic E-state index is -0.432. The second kappa shape index (κ2) is 6.39. The molecule has 0 unspecified atom stereocenters. The van der Waals surface area contributed by atoms with Crippen molar-refractivity contribution in [1.82, 2.24) is 0 Å². The number of carbonyl (C=O) groups excluding carboxylic acids is 1. The molecule has 0 radical (unpaired) electrons. The number of anilines is 2. The Labute approximate surface area is 121 Å². The van der Waals surface area contributed by atoms with Gasteiger partial charge in [0, 0.05) is 24.8 Å². The van der Waals surface area contributed by atoms with Gasteiger partial charge >= 0.3 is 0 Å². The number of rotatable bonds is 4. The zero-order valence-electron chi connectivity index (χ0n) is 10.9. The predicted octanol–water partition coefficient (Wildman–Crippen LogP) is 4.05. The fourth-order valence-corrected chi connectivity index (χ4v) is 1.88. The van der Waals surface area contributed by atoms with Gasteiger partial charge in [-0.2, -0.15) is 0 Å². The van der Waals surface area contributed by atoms with Crippen LogP contribution in [0.15, 0.2) is 42.5 Å². The molecule has 0 bridgehead atoms. The molecule has 0 saturated carbocycles. The number of hydrogen-bond donors (Lipinski definition) is 2. The smallest absolute Gasteiger partial charge is 0.221 e. The van der Waals surface area contributed by atoms with Gasteiger partial charge in [0.2, 0.25) is 5.91 Å². The Morgan fingerprint density at radius 1 is 1.20 bits per heavy atom. The molecule has 1 amide bonds. The molecule has 0 aromatic heterocycles. The second-order valence-corrected chi connectivity index (χ2v) is 4.77. The van der Waals surface area contributed by atoms with E-state index in [0.717, 1.165) is 11.3 Å². The Kier molecular flexibility index (Phi) is 4.58. The standard InChI is InChI=1S/C15H14ClFN2O/c1-10(20)19-13-4-2-3-12(8-13)18-9-11-5-6-14(16)15(17)7-11/h2-8,18H,9H2,1H3,(H,19,20). The zero-order chi connectivity index (χ0) is 14.5. The maximum absolute atomic E-state index is 13.3.